The highest BCUT2D eigenvalue weighted by atomic mass is 16.3. The second-order valence-corrected chi connectivity index (χ2v) is 5.14. The first-order valence-corrected chi connectivity index (χ1v) is 6.99. The van der Waals surface area contributed by atoms with Gasteiger partial charge in [-0.05, 0) is 24.6 Å². The quantitative estimate of drug-likeness (QED) is 0.938. The van der Waals surface area contributed by atoms with Gasteiger partial charge in [-0.1, -0.05) is 18.2 Å². The minimum Gasteiger partial charge on any atom is -0.392 e. The van der Waals surface area contributed by atoms with Crippen LogP contribution < -0.4 is 4.90 Å². The molecule has 0 aliphatic carbocycles. The fourth-order valence-electron chi connectivity index (χ4n) is 2.74. The Balaban J connectivity index is 2.09. The van der Waals surface area contributed by atoms with Crippen molar-refractivity contribution in [3.63, 3.8) is 0 Å². The van der Waals surface area contributed by atoms with Crippen LogP contribution in [-0.2, 0) is 13.2 Å². The Labute approximate surface area is 124 Å². The molecule has 0 fully saturated rings. The standard InChI is InChI=1S/C16H18N4O/c1-11-15-12(9-18-19-11)7-8-17-16(15)20(2)14-6-4-3-5-13(14)10-21/h3-8,11,21H,9-10H2,1-2H3. The summed E-state index contributed by atoms with van der Waals surface area (Å²) in [5.74, 6) is 0.875. The van der Waals surface area contributed by atoms with Crippen molar-refractivity contribution >= 4 is 11.5 Å². The minimum atomic E-state index is 0.00110. The molecule has 0 saturated heterocycles. The van der Waals surface area contributed by atoms with Crippen LogP contribution in [0.5, 0.6) is 0 Å². The first-order valence-electron chi connectivity index (χ1n) is 6.99. The van der Waals surface area contributed by atoms with E-state index in [9.17, 15) is 5.11 Å². The van der Waals surface area contributed by atoms with Crippen molar-refractivity contribution in [3.8, 4) is 0 Å². The highest BCUT2D eigenvalue weighted by Gasteiger charge is 2.22. The Morgan fingerprint density at radius 2 is 2.10 bits per heavy atom. The summed E-state index contributed by atoms with van der Waals surface area (Å²) in [6.07, 6.45) is 1.81. The number of aromatic nitrogens is 1. The summed E-state index contributed by atoms with van der Waals surface area (Å²) in [5.41, 5.74) is 4.11. The Kier molecular flexibility index (Phi) is 3.66. The average Bonchev–Trinajstić information content (AvgIpc) is 2.54. The molecule has 1 aliphatic rings. The molecule has 5 heteroatoms. The van der Waals surface area contributed by atoms with Crippen LogP contribution in [0.2, 0.25) is 0 Å². The number of benzene rings is 1. The molecule has 0 bridgehead atoms. The normalized spacial score (nSPS) is 16.6. The number of hydrogen-bond acceptors (Lipinski definition) is 5. The van der Waals surface area contributed by atoms with E-state index in [0.29, 0.717) is 6.54 Å². The highest BCUT2D eigenvalue weighted by Crippen LogP contribution is 2.36. The third-order valence-corrected chi connectivity index (χ3v) is 3.81. The van der Waals surface area contributed by atoms with Gasteiger partial charge in [-0.2, -0.15) is 10.2 Å². The maximum absolute atomic E-state index is 9.52. The van der Waals surface area contributed by atoms with Crippen molar-refractivity contribution in [2.45, 2.75) is 26.1 Å². The number of aliphatic hydroxyl groups is 1. The molecular weight excluding hydrogens is 264 g/mol. The lowest BCUT2D eigenvalue weighted by Gasteiger charge is -2.27. The molecule has 21 heavy (non-hydrogen) atoms. The molecule has 0 saturated carbocycles. The maximum Gasteiger partial charge on any atom is 0.138 e. The third kappa shape index (κ3) is 2.40. The van der Waals surface area contributed by atoms with Crippen LogP contribution in [0.1, 0.15) is 29.7 Å². The van der Waals surface area contributed by atoms with Gasteiger partial charge in [-0.15, -0.1) is 0 Å². The Morgan fingerprint density at radius 3 is 2.90 bits per heavy atom. The number of hydrogen-bond donors (Lipinski definition) is 1. The van der Waals surface area contributed by atoms with Gasteiger partial charge in [0.05, 0.1) is 19.2 Å². The first kappa shape index (κ1) is 13.7. The number of azo groups is 1. The Bertz CT molecular complexity index is 684. The van der Waals surface area contributed by atoms with Crippen molar-refractivity contribution in [1.82, 2.24) is 4.98 Å². The largest absolute Gasteiger partial charge is 0.392 e. The van der Waals surface area contributed by atoms with Gasteiger partial charge in [0.2, 0.25) is 0 Å². The van der Waals surface area contributed by atoms with Gasteiger partial charge in [-0.25, -0.2) is 4.98 Å². The van der Waals surface area contributed by atoms with Gasteiger partial charge in [0, 0.05) is 30.1 Å². The summed E-state index contributed by atoms with van der Waals surface area (Å²) in [4.78, 5) is 6.55. The van der Waals surface area contributed by atoms with Gasteiger partial charge in [0.15, 0.2) is 0 Å². The van der Waals surface area contributed by atoms with Crippen LogP contribution in [-0.4, -0.2) is 17.1 Å². The molecule has 0 spiro atoms. The average molecular weight is 282 g/mol. The SMILES string of the molecule is CC1N=NCc2ccnc(N(C)c3ccccc3CO)c21. The summed E-state index contributed by atoms with van der Waals surface area (Å²) >= 11 is 0. The van der Waals surface area contributed by atoms with Crippen molar-refractivity contribution in [1.29, 1.82) is 0 Å². The number of aliphatic hydroxyl groups excluding tert-OH is 1. The lowest BCUT2D eigenvalue weighted by atomic mass is 10.0. The number of fused-ring (bicyclic) bond motifs is 1. The fraction of sp³-hybridized carbons (Fsp3) is 0.312. The van der Waals surface area contributed by atoms with Crippen molar-refractivity contribution < 1.29 is 5.11 Å². The lowest BCUT2D eigenvalue weighted by molar-refractivity contribution is 0.282. The predicted octanol–water partition coefficient (Wildman–Crippen LogP) is 3.37. The molecule has 5 nitrogen and oxygen atoms in total. The van der Waals surface area contributed by atoms with Gasteiger partial charge in [0.1, 0.15) is 5.82 Å². The molecular formula is C16H18N4O. The van der Waals surface area contributed by atoms with E-state index >= 15 is 0 Å². The van der Waals surface area contributed by atoms with Crippen LogP contribution in [0.15, 0.2) is 46.8 Å². The molecule has 1 aromatic carbocycles. The molecule has 1 aliphatic heterocycles. The Morgan fingerprint density at radius 1 is 1.29 bits per heavy atom. The number of anilines is 2. The molecule has 0 radical (unpaired) electrons. The molecule has 0 amide bonds. The van der Waals surface area contributed by atoms with Gasteiger partial charge in [-0.3, -0.25) is 0 Å². The summed E-state index contributed by atoms with van der Waals surface area (Å²) in [6.45, 7) is 2.63. The second-order valence-electron chi connectivity index (χ2n) is 5.14. The van der Waals surface area contributed by atoms with E-state index in [2.05, 4.69) is 15.2 Å². The highest BCUT2D eigenvalue weighted by molar-refractivity contribution is 5.67. The lowest BCUT2D eigenvalue weighted by Crippen LogP contribution is -2.18. The molecule has 1 unspecified atom stereocenters. The zero-order valence-corrected chi connectivity index (χ0v) is 12.2. The molecule has 2 heterocycles. The number of rotatable bonds is 3. The van der Waals surface area contributed by atoms with Crippen LogP contribution in [0.4, 0.5) is 11.5 Å². The van der Waals surface area contributed by atoms with E-state index < -0.39 is 0 Å². The van der Waals surface area contributed by atoms with Crippen molar-refractivity contribution in [3.05, 3.63) is 53.2 Å². The summed E-state index contributed by atoms with van der Waals surface area (Å²) in [6, 6.07) is 9.80. The summed E-state index contributed by atoms with van der Waals surface area (Å²) in [5, 5.41) is 17.9. The molecule has 3 rings (SSSR count). The van der Waals surface area contributed by atoms with Crippen LogP contribution in [0, 0.1) is 0 Å². The van der Waals surface area contributed by atoms with Crippen LogP contribution in [0.3, 0.4) is 0 Å². The van der Waals surface area contributed by atoms with Gasteiger partial charge in [0.25, 0.3) is 0 Å². The van der Waals surface area contributed by atoms with Gasteiger partial charge < -0.3 is 10.0 Å². The molecule has 108 valence electrons. The van der Waals surface area contributed by atoms with Gasteiger partial charge >= 0.3 is 0 Å². The summed E-state index contributed by atoms with van der Waals surface area (Å²) in [7, 11) is 1.97. The molecule has 1 atom stereocenters. The van der Waals surface area contributed by atoms with E-state index in [4.69, 9.17) is 0 Å². The van der Waals surface area contributed by atoms with Crippen LogP contribution in [0.25, 0.3) is 0 Å². The maximum atomic E-state index is 9.52. The van der Waals surface area contributed by atoms with E-state index in [1.807, 2.05) is 49.2 Å². The molecule has 2 aromatic rings. The number of para-hydroxylation sites is 1. The smallest absolute Gasteiger partial charge is 0.138 e. The zero-order chi connectivity index (χ0) is 14.8. The summed E-state index contributed by atoms with van der Waals surface area (Å²) < 4.78 is 0. The minimum absolute atomic E-state index is 0.00110. The monoisotopic (exact) mass is 282 g/mol. The van der Waals surface area contributed by atoms with Crippen molar-refractivity contribution in [2.24, 2.45) is 10.2 Å². The second kappa shape index (κ2) is 5.61. The molecule has 1 aromatic heterocycles. The first-order chi connectivity index (χ1) is 10.2. The van der Waals surface area contributed by atoms with E-state index in [-0.39, 0.29) is 12.6 Å². The van der Waals surface area contributed by atoms with Crippen molar-refractivity contribution in [2.75, 3.05) is 11.9 Å². The fourth-order valence-corrected chi connectivity index (χ4v) is 2.74. The zero-order valence-electron chi connectivity index (χ0n) is 12.2. The molecule has 1 N–H and O–H groups in total. The van der Waals surface area contributed by atoms with E-state index in [0.717, 1.165) is 28.2 Å². The predicted molar refractivity (Wildman–Crippen MR) is 81.6 cm³/mol. The number of nitrogens with zero attached hydrogens (tertiary/aromatic N) is 4. The number of pyridine rings is 1. The van der Waals surface area contributed by atoms with E-state index in [1.54, 1.807) is 6.20 Å². The topological polar surface area (TPSA) is 61.1 Å². The third-order valence-electron chi connectivity index (χ3n) is 3.81. The van der Waals surface area contributed by atoms with Crippen LogP contribution >= 0.6 is 0 Å². The Hall–Kier alpha value is -2.27. The van der Waals surface area contributed by atoms with E-state index in [1.165, 1.54) is 0 Å².